The number of benzene rings is 1. The van der Waals surface area contributed by atoms with Crippen LogP contribution in [0.15, 0.2) is 18.2 Å². The van der Waals surface area contributed by atoms with E-state index in [1.54, 1.807) is 6.07 Å². The lowest BCUT2D eigenvalue weighted by Gasteiger charge is -2.16. The minimum atomic E-state index is -4.30. The summed E-state index contributed by atoms with van der Waals surface area (Å²) in [6.07, 6.45) is -5.38. The summed E-state index contributed by atoms with van der Waals surface area (Å²) in [5, 5.41) is 0. The van der Waals surface area contributed by atoms with E-state index >= 15 is 0 Å². The van der Waals surface area contributed by atoms with Crippen LogP contribution < -0.4 is 15.2 Å². The number of hydrogen-bond donors (Lipinski definition) is 1. The number of hydrogen-bond acceptors (Lipinski definition) is 3. The summed E-state index contributed by atoms with van der Waals surface area (Å²) in [6.45, 7) is 0. The van der Waals surface area contributed by atoms with Crippen LogP contribution in [0.25, 0.3) is 0 Å². The summed E-state index contributed by atoms with van der Waals surface area (Å²) >= 11 is 0. The Morgan fingerprint density at radius 2 is 1.56 bits per heavy atom. The number of methoxy groups -OCH3 is 2. The van der Waals surface area contributed by atoms with Crippen LogP contribution in [-0.4, -0.2) is 20.4 Å². The summed E-state index contributed by atoms with van der Waals surface area (Å²) < 4.78 is 46.6. The van der Waals surface area contributed by atoms with Crippen molar-refractivity contribution >= 4 is 12.4 Å². The average molecular weight is 286 g/mol. The molecule has 0 fully saturated rings. The van der Waals surface area contributed by atoms with Crippen molar-refractivity contribution in [2.75, 3.05) is 14.2 Å². The number of nitrogens with two attached hydrogens (primary N) is 1. The third-order valence-corrected chi connectivity index (χ3v) is 2.25. The molecule has 1 aromatic rings. The first-order chi connectivity index (χ1) is 7.85. The highest BCUT2D eigenvalue weighted by atomic mass is 35.5. The summed E-state index contributed by atoms with van der Waals surface area (Å²) in [4.78, 5) is 0. The standard InChI is InChI=1S/C11H14F3NO2.ClH/c1-16-8-3-7(4-9(5-8)17-2)10(15)6-11(12,13)14;/h3-5,10H,6,15H2,1-2H3;1H/t10-;/m1./s1. The first-order valence-electron chi connectivity index (χ1n) is 4.91. The van der Waals surface area contributed by atoms with Crippen LogP contribution in [0.2, 0.25) is 0 Å². The molecule has 1 atom stereocenters. The molecule has 0 radical (unpaired) electrons. The Hall–Kier alpha value is -1.14. The van der Waals surface area contributed by atoms with Gasteiger partial charge in [0.05, 0.1) is 20.6 Å². The van der Waals surface area contributed by atoms with E-state index in [0.717, 1.165) is 0 Å². The molecule has 1 aromatic carbocycles. The fourth-order valence-corrected chi connectivity index (χ4v) is 1.41. The van der Waals surface area contributed by atoms with E-state index in [2.05, 4.69) is 0 Å². The van der Waals surface area contributed by atoms with Crippen LogP contribution in [0.4, 0.5) is 13.2 Å². The number of alkyl halides is 3. The Morgan fingerprint density at radius 3 is 1.89 bits per heavy atom. The molecule has 0 amide bonds. The van der Waals surface area contributed by atoms with E-state index < -0.39 is 18.6 Å². The van der Waals surface area contributed by atoms with Gasteiger partial charge in [0.1, 0.15) is 11.5 Å². The molecule has 0 unspecified atom stereocenters. The normalized spacial score (nSPS) is 12.6. The second-order valence-corrected chi connectivity index (χ2v) is 3.57. The van der Waals surface area contributed by atoms with Gasteiger partial charge in [-0.2, -0.15) is 13.2 Å². The van der Waals surface area contributed by atoms with Gasteiger partial charge in [0, 0.05) is 12.1 Å². The Balaban J connectivity index is 0.00000289. The first-order valence-corrected chi connectivity index (χ1v) is 4.91. The highest BCUT2D eigenvalue weighted by molar-refractivity contribution is 5.85. The number of ether oxygens (including phenoxy) is 2. The zero-order valence-electron chi connectivity index (χ0n) is 9.95. The molecule has 0 aliphatic rings. The zero-order chi connectivity index (χ0) is 13.1. The van der Waals surface area contributed by atoms with E-state index in [9.17, 15) is 13.2 Å². The second kappa shape index (κ2) is 6.70. The second-order valence-electron chi connectivity index (χ2n) is 3.57. The van der Waals surface area contributed by atoms with Crippen molar-refractivity contribution in [3.8, 4) is 11.5 Å². The van der Waals surface area contributed by atoms with E-state index in [1.807, 2.05) is 0 Å². The molecule has 0 saturated carbocycles. The van der Waals surface area contributed by atoms with Crippen molar-refractivity contribution in [1.82, 2.24) is 0 Å². The third kappa shape index (κ3) is 5.01. The molecule has 0 aliphatic carbocycles. The van der Waals surface area contributed by atoms with Crippen molar-refractivity contribution in [3.63, 3.8) is 0 Å². The summed E-state index contributed by atoms with van der Waals surface area (Å²) in [7, 11) is 2.85. The molecule has 1 rings (SSSR count). The lowest BCUT2D eigenvalue weighted by molar-refractivity contribution is -0.138. The van der Waals surface area contributed by atoms with Crippen molar-refractivity contribution < 1.29 is 22.6 Å². The fraction of sp³-hybridized carbons (Fsp3) is 0.455. The predicted octanol–water partition coefficient (Wildman–Crippen LogP) is 3.08. The van der Waals surface area contributed by atoms with Crippen molar-refractivity contribution in [2.45, 2.75) is 18.6 Å². The molecule has 0 aromatic heterocycles. The maximum atomic E-state index is 12.2. The van der Waals surface area contributed by atoms with Gasteiger partial charge in [-0.3, -0.25) is 0 Å². The SMILES string of the molecule is COc1cc(OC)cc([C@H](N)CC(F)(F)F)c1.Cl. The topological polar surface area (TPSA) is 44.5 Å². The van der Waals surface area contributed by atoms with Crippen LogP contribution in [0.5, 0.6) is 11.5 Å². The highest BCUT2D eigenvalue weighted by Crippen LogP contribution is 2.31. The van der Waals surface area contributed by atoms with Crippen LogP contribution in [-0.2, 0) is 0 Å². The maximum Gasteiger partial charge on any atom is 0.390 e. The van der Waals surface area contributed by atoms with Gasteiger partial charge in [-0.25, -0.2) is 0 Å². The third-order valence-electron chi connectivity index (χ3n) is 2.25. The van der Waals surface area contributed by atoms with Gasteiger partial charge < -0.3 is 15.2 Å². The molecule has 0 bridgehead atoms. The Bertz CT molecular complexity index is 363. The van der Waals surface area contributed by atoms with Gasteiger partial charge >= 0.3 is 6.18 Å². The van der Waals surface area contributed by atoms with Crippen molar-refractivity contribution in [2.24, 2.45) is 5.73 Å². The van der Waals surface area contributed by atoms with Gasteiger partial charge in [-0.05, 0) is 17.7 Å². The van der Waals surface area contributed by atoms with E-state index in [0.29, 0.717) is 17.1 Å². The molecular weight excluding hydrogens is 271 g/mol. The molecule has 104 valence electrons. The lowest BCUT2D eigenvalue weighted by Crippen LogP contribution is -2.20. The highest BCUT2D eigenvalue weighted by Gasteiger charge is 2.31. The monoisotopic (exact) mass is 285 g/mol. The zero-order valence-corrected chi connectivity index (χ0v) is 10.8. The quantitative estimate of drug-likeness (QED) is 0.924. The smallest absolute Gasteiger partial charge is 0.390 e. The molecule has 0 heterocycles. The van der Waals surface area contributed by atoms with E-state index in [-0.39, 0.29) is 12.4 Å². The molecule has 7 heteroatoms. The number of halogens is 4. The molecule has 18 heavy (non-hydrogen) atoms. The number of rotatable bonds is 4. The largest absolute Gasteiger partial charge is 0.497 e. The predicted molar refractivity (Wildman–Crippen MR) is 64.4 cm³/mol. The summed E-state index contributed by atoms with van der Waals surface area (Å²) in [6, 6.07) is 3.39. The van der Waals surface area contributed by atoms with Crippen LogP contribution in [0.3, 0.4) is 0 Å². The van der Waals surface area contributed by atoms with E-state index in [4.69, 9.17) is 15.2 Å². The fourth-order valence-electron chi connectivity index (χ4n) is 1.41. The summed E-state index contributed by atoms with van der Waals surface area (Å²) in [5.74, 6) is 0.828. The molecule has 0 spiro atoms. The van der Waals surface area contributed by atoms with Crippen LogP contribution in [0.1, 0.15) is 18.0 Å². The molecule has 3 nitrogen and oxygen atoms in total. The van der Waals surface area contributed by atoms with E-state index in [1.165, 1.54) is 26.4 Å². The Kier molecular flexibility index (Phi) is 6.28. The Labute approximate surface area is 109 Å². The molecule has 2 N–H and O–H groups in total. The van der Waals surface area contributed by atoms with Gasteiger partial charge in [0.15, 0.2) is 0 Å². The van der Waals surface area contributed by atoms with Gasteiger partial charge in [0.25, 0.3) is 0 Å². The van der Waals surface area contributed by atoms with Gasteiger partial charge in [0.2, 0.25) is 0 Å². The first kappa shape index (κ1) is 16.9. The molecule has 0 saturated heterocycles. The van der Waals surface area contributed by atoms with Crippen molar-refractivity contribution in [3.05, 3.63) is 23.8 Å². The van der Waals surface area contributed by atoms with Crippen LogP contribution in [0, 0.1) is 0 Å². The van der Waals surface area contributed by atoms with Gasteiger partial charge in [-0.1, -0.05) is 0 Å². The van der Waals surface area contributed by atoms with Gasteiger partial charge in [-0.15, -0.1) is 12.4 Å². The summed E-state index contributed by atoms with van der Waals surface area (Å²) in [5.41, 5.74) is 5.83. The minimum absolute atomic E-state index is 0. The average Bonchev–Trinajstić information content (AvgIpc) is 2.26. The molecular formula is C11H15ClF3NO2. The van der Waals surface area contributed by atoms with Crippen LogP contribution >= 0.6 is 12.4 Å². The Morgan fingerprint density at radius 1 is 1.11 bits per heavy atom. The minimum Gasteiger partial charge on any atom is -0.497 e. The lowest BCUT2D eigenvalue weighted by atomic mass is 10.0. The maximum absolute atomic E-state index is 12.2. The molecule has 0 aliphatic heterocycles. The van der Waals surface area contributed by atoms with Crippen molar-refractivity contribution in [1.29, 1.82) is 0 Å².